The van der Waals surface area contributed by atoms with E-state index in [0.717, 1.165) is 26.2 Å². The summed E-state index contributed by atoms with van der Waals surface area (Å²) in [5.41, 5.74) is 1.75. The summed E-state index contributed by atoms with van der Waals surface area (Å²) in [5, 5.41) is 3.51. The van der Waals surface area contributed by atoms with Crippen molar-refractivity contribution in [2.75, 3.05) is 20.3 Å². The first-order valence-electron chi connectivity index (χ1n) is 6.69. The molecule has 1 aromatic rings. The van der Waals surface area contributed by atoms with Gasteiger partial charge in [-0.3, -0.25) is 0 Å². The normalized spacial score (nSPS) is 20.2. The Morgan fingerprint density at radius 1 is 1.47 bits per heavy atom. The molecule has 104 valence electrons. The van der Waals surface area contributed by atoms with Crippen LogP contribution < -0.4 is 5.32 Å². The monoisotopic (exact) mass is 263 g/mol. The first-order valence-corrected chi connectivity index (χ1v) is 6.69. The molecule has 4 heteroatoms. The highest BCUT2D eigenvalue weighted by molar-refractivity contribution is 5.89. The number of benzene rings is 1. The molecular weight excluding hydrogens is 242 g/mol. The topological polar surface area (TPSA) is 47.6 Å². The van der Waals surface area contributed by atoms with Gasteiger partial charge in [0.25, 0.3) is 0 Å². The van der Waals surface area contributed by atoms with E-state index in [-0.39, 0.29) is 5.97 Å². The van der Waals surface area contributed by atoms with Crippen LogP contribution in [-0.4, -0.2) is 32.3 Å². The van der Waals surface area contributed by atoms with Crippen LogP contribution >= 0.6 is 0 Å². The first-order chi connectivity index (χ1) is 9.20. The lowest BCUT2D eigenvalue weighted by Gasteiger charge is -2.19. The summed E-state index contributed by atoms with van der Waals surface area (Å²) < 4.78 is 10.1. The zero-order chi connectivity index (χ0) is 13.7. The molecule has 0 aromatic heterocycles. The maximum absolute atomic E-state index is 11.3. The van der Waals surface area contributed by atoms with Crippen molar-refractivity contribution in [3.8, 4) is 0 Å². The second-order valence-corrected chi connectivity index (χ2v) is 4.98. The van der Waals surface area contributed by atoms with Crippen molar-refractivity contribution in [1.82, 2.24) is 5.32 Å². The summed E-state index contributed by atoms with van der Waals surface area (Å²) >= 11 is 0. The molecular formula is C15H21NO3. The summed E-state index contributed by atoms with van der Waals surface area (Å²) in [6.45, 7) is 4.74. The number of carbonyl (C=O) groups is 1. The molecule has 0 saturated carbocycles. The third-order valence-electron chi connectivity index (χ3n) is 3.68. The Bertz CT molecular complexity index is 410. The van der Waals surface area contributed by atoms with Gasteiger partial charge in [0, 0.05) is 19.2 Å². The van der Waals surface area contributed by atoms with Crippen LogP contribution in [0.1, 0.15) is 29.3 Å². The molecule has 0 amide bonds. The molecule has 1 N–H and O–H groups in total. The van der Waals surface area contributed by atoms with Gasteiger partial charge in [0.2, 0.25) is 0 Å². The number of methoxy groups -OCH3 is 1. The van der Waals surface area contributed by atoms with Gasteiger partial charge < -0.3 is 14.8 Å². The third-order valence-corrected chi connectivity index (χ3v) is 3.68. The summed E-state index contributed by atoms with van der Waals surface area (Å²) in [4.78, 5) is 11.3. The van der Waals surface area contributed by atoms with E-state index in [2.05, 4.69) is 17.0 Å². The van der Waals surface area contributed by atoms with Crippen molar-refractivity contribution < 1.29 is 14.3 Å². The van der Waals surface area contributed by atoms with Gasteiger partial charge in [-0.15, -0.1) is 0 Å². The van der Waals surface area contributed by atoms with Gasteiger partial charge in [-0.2, -0.15) is 0 Å². The standard InChI is InChI=1S/C15H21NO3/c1-11(14-7-8-19-10-14)16-9-12-3-5-13(6-4-12)15(17)18-2/h3-6,11,14,16H,7-10H2,1-2H3/t11-,14+/m0/s1. The van der Waals surface area contributed by atoms with Crippen molar-refractivity contribution in [2.24, 2.45) is 5.92 Å². The van der Waals surface area contributed by atoms with Crippen LogP contribution in [0.4, 0.5) is 0 Å². The van der Waals surface area contributed by atoms with Gasteiger partial charge in [-0.05, 0) is 37.0 Å². The second-order valence-electron chi connectivity index (χ2n) is 4.98. The van der Waals surface area contributed by atoms with E-state index in [1.165, 1.54) is 12.7 Å². The van der Waals surface area contributed by atoms with Crippen molar-refractivity contribution in [1.29, 1.82) is 0 Å². The minimum absolute atomic E-state index is 0.295. The van der Waals surface area contributed by atoms with Gasteiger partial charge >= 0.3 is 5.97 Å². The first kappa shape index (κ1) is 14.0. The van der Waals surface area contributed by atoms with Crippen molar-refractivity contribution in [2.45, 2.75) is 25.9 Å². The molecule has 1 aromatic carbocycles. The average molecular weight is 263 g/mol. The van der Waals surface area contributed by atoms with E-state index >= 15 is 0 Å². The van der Waals surface area contributed by atoms with E-state index in [0.29, 0.717) is 17.5 Å². The number of nitrogens with one attached hydrogen (secondary N) is 1. The van der Waals surface area contributed by atoms with Gasteiger partial charge in [-0.25, -0.2) is 4.79 Å². The van der Waals surface area contributed by atoms with Crippen LogP contribution in [0.5, 0.6) is 0 Å². The van der Waals surface area contributed by atoms with Crippen LogP contribution in [0.3, 0.4) is 0 Å². The fourth-order valence-electron chi connectivity index (χ4n) is 2.27. The predicted molar refractivity (Wildman–Crippen MR) is 73.0 cm³/mol. The minimum Gasteiger partial charge on any atom is -0.465 e. The Morgan fingerprint density at radius 2 is 2.21 bits per heavy atom. The van der Waals surface area contributed by atoms with E-state index in [9.17, 15) is 4.79 Å². The molecule has 0 bridgehead atoms. The molecule has 0 aliphatic carbocycles. The Kier molecular flexibility index (Phi) is 4.93. The van der Waals surface area contributed by atoms with Crippen LogP contribution in [0.15, 0.2) is 24.3 Å². The van der Waals surface area contributed by atoms with Crippen LogP contribution in [0.2, 0.25) is 0 Å². The van der Waals surface area contributed by atoms with E-state index < -0.39 is 0 Å². The smallest absolute Gasteiger partial charge is 0.337 e. The molecule has 0 unspecified atom stereocenters. The molecule has 0 radical (unpaired) electrons. The maximum atomic E-state index is 11.3. The highest BCUT2D eigenvalue weighted by atomic mass is 16.5. The molecule has 2 atom stereocenters. The fourth-order valence-corrected chi connectivity index (χ4v) is 2.27. The largest absolute Gasteiger partial charge is 0.465 e. The predicted octanol–water partition coefficient (Wildman–Crippen LogP) is 1.99. The molecule has 0 spiro atoms. The lowest BCUT2D eigenvalue weighted by atomic mass is 10.0. The van der Waals surface area contributed by atoms with Crippen molar-refractivity contribution in [3.05, 3.63) is 35.4 Å². The van der Waals surface area contributed by atoms with Crippen molar-refractivity contribution >= 4 is 5.97 Å². The Balaban J connectivity index is 1.84. The van der Waals surface area contributed by atoms with Crippen LogP contribution in [-0.2, 0) is 16.0 Å². The molecule has 4 nitrogen and oxygen atoms in total. The molecule has 1 aliphatic heterocycles. The number of rotatable bonds is 5. The molecule has 19 heavy (non-hydrogen) atoms. The molecule has 2 rings (SSSR count). The van der Waals surface area contributed by atoms with Crippen molar-refractivity contribution in [3.63, 3.8) is 0 Å². The molecule has 1 fully saturated rings. The molecule has 1 saturated heterocycles. The number of hydrogen-bond acceptors (Lipinski definition) is 4. The maximum Gasteiger partial charge on any atom is 0.337 e. The van der Waals surface area contributed by atoms with E-state index in [4.69, 9.17) is 4.74 Å². The van der Waals surface area contributed by atoms with Gasteiger partial charge in [-0.1, -0.05) is 12.1 Å². The van der Waals surface area contributed by atoms with E-state index in [1.807, 2.05) is 12.1 Å². The lowest BCUT2D eigenvalue weighted by molar-refractivity contribution is 0.0600. The highest BCUT2D eigenvalue weighted by Crippen LogP contribution is 2.16. The quantitative estimate of drug-likeness (QED) is 0.825. The Labute approximate surface area is 114 Å². The number of ether oxygens (including phenoxy) is 2. The summed E-state index contributed by atoms with van der Waals surface area (Å²) in [5.74, 6) is 0.310. The molecule has 1 heterocycles. The van der Waals surface area contributed by atoms with Crippen LogP contribution in [0.25, 0.3) is 0 Å². The zero-order valence-electron chi connectivity index (χ0n) is 11.5. The average Bonchev–Trinajstić information content (AvgIpc) is 2.98. The minimum atomic E-state index is -0.295. The fraction of sp³-hybridized carbons (Fsp3) is 0.533. The second kappa shape index (κ2) is 6.68. The van der Waals surface area contributed by atoms with Gasteiger partial charge in [0.15, 0.2) is 0 Å². The van der Waals surface area contributed by atoms with Gasteiger partial charge in [0.05, 0.1) is 19.3 Å². The highest BCUT2D eigenvalue weighted by Gasteiger charge is 2.21. The van der Waals surface area contributed by atoms with Gasteiger partial charge in [0.1, 0.15) is 0 Å². The lowest BCUT2D eigenvalue weighted by Crippen LogP contribution is -2.33. The van der Waals surface area contributed by atoms with Crippen LogP contribution in [0, 0.1) is 5.92 Å². The summed E-state index contributed by atoms with van der Waals surface area (Å²) in [7, 11) is 1.39. The summed E-state index contributed by atoms with van der Waals surface area (Å²) in [6.07, 6.45) is 1.13. The zero-order valence-corrected chi connectivity index (χ0v) is 11.5. The van der Waals surface area contributed by atoms with E-state index in [1.54, 1.807) is 12.1 Å². The molecule has 1 aliphatic rings. The Morgan fingerprint density at radius 3 is 2.79 bits per heavy atom. The number of hydrogen-bond donors (Lipinski definition) is 1. The third kappa shape index (κ3) is 3.78. The summed E-state index contributed by atoms with van der Waals surface area (Å²) in [6, 6.07) is 7.95. The number of carbonyl (C=O) groups excluding carboxylic acids is 1. The SMILES string of the molecule is COC(=O)c1ccc(CN[C@@H](C)[C@@H]2CCOC2)cc1. The number of esters is 1. The Hall–Kier alpha value is -1.39.